The maximum atomic E-state index is 9.48. The van der Waals surface area contributed by atoms with Crippen LogP contribution in [0.2, 0.25) is 5.02 Å². The molecule has 3 nitrogen and oxygen atoms in total. The highest BCUT2D eigenvalue weighted by Gasteiger charge is 2.19. The van der Waals surface area contributed by atoms with Gasteiger partial charge in [0.2, 0.25) is 0 Å². The third kappa shape index (κ3) is 2.67. The monoisotopic (exact) mass is 256 g/mol. The highest BCUT2D eigenvalue weighted by atomic mass is 35.5. The van der Waals surface area contributed by atoms with Crippen molar-refractivity contribution in [3.05, 3.63) is 22.2 Å². The SMILES string of the molecule is Cc1c(CC(C)O)c(Cl)cc2c1OCCCO2. The third-order valence-electron chi connectivity index (χ3n) is 2.86. The van der Waals surface area contributed by atoms with E-state index in [2.05, 4.69) is 0 Å². The van der Waals surface area contributed by atoms with Crippen molar-refractivity contribution in [2.75, 3.05) is 13.2 Å². The number of halogens is 1. The lowest BCUT2D eigenvalue weighted by molar-refractivity contribution is 0.195. The summed E-state index contributed by atoms with van der Waals surface area (Å²) in [7, 11) is 0. The minimum Gasteiger partial charge on any atom is -0.489 e. The number of benzene rings is 1. The fourth-order valence-corrected chi connectivity index (χ4v) is 2.33. The lowest BCUT2D eigenvalue weighted by Crippen LogP contribution is -2.08. The molecular formula is C13H17ClO3. The number of rotatable bonds is 2. The van der Waals surface area contributed by atoms with Crippen LogP contribution in [-0.4, -0.2) is 24.4 Å². The van der Waals surface area contributed by atoms with Crippen molar-refractivity contribution >= 4 is 11.6 Å². The van der Waals surface area contributed by atoms with Gasteiger partial charge in [0.15, 0.2) is 11.5 Å². The van der Waals surface area contributed by atoms with E-state index in [1.54, 1.807) is 13.0 Å². The van der Waals surface area contributed by atoms with Crippen LogP contribution in [0.3, 0.4) is 0 Å². The van der Waals surface area contributed by atoms with Crippen molar-refractivity contribution in [2.24, 2.45) is 0 Å². The first-order valence-corrected chi connectivity index (χ1v) is 6.23. The highest BCUT2D eigenvalue weighted by Crippen LogP contribution is 2.39. The summed E-state index contributed by atoms with van der Waals surface area (Å²) in [5.41, 5.74) is 1.90. The van der Waals surface area contributed by atoms with Crippen molar-refractivity contribution < 1.29 is 14.6 Å². The second-order valence-electron chi connectivity index (χ2n) is 4.39. The molecule has 17 heavy (non-hydrogen) atoms. The minimum absolute atomic E-state index is 0.420. The van der Waals surface area contributed by atoms with Gasteiger partial charge in [-0.05, 0) is 31.4 Å². The van der Waals surface area contributed by atoms with Gasteiger partial charge in [-0.2, -0.15) is 0 Å². The molecule has 1 aliphatic rings. The molecule has 0 saturated heterocycles. The Labute approximate surface area is 106 Å². The number of hydrogen-bond acceptors (Lipinski definition) is 3. The zero-order valence-corrected chi connectivity index (χ0v) is 10.9. The maximum absolute atomic E-state index is 9.48. The molecule has 0 aromatic heterocycles. The molecule has 2 rings (SSSR count). The fourth-order valence-electron chi connectivity index (χ4n) is 2.02. The van der Waals surface area contributed by atoms with Gasteiger partial charge in [-0.25, -0.2) is 0 Å². The van der Waals surface area contributed by atoms with E-state index in [-0.39, 0.29) is 0 Å². The standard InChI is InChI=1S/C13H17ClO3/c1-8(15)6-10-9(2)13-12(7-11(10)14)16-4-3-5-17-13/h7-8,15H,3-6H2,1-2H3. The second-order valence-corrected chi connectivity index (χ2v) is 4.80. The van der Waals surface area contributed by atoms with Gasteiger partial charge in [0, 0.05) is 17.5 Å². The molecule has 1 N–H and O–H groups in total. The van der Waals surface area contributed by atoms with E-state index in [0.717, 1.165) is 23.3 Å². The van der Waals surface area contributed by atoms with Crippen LogP contribution in [0.25, 0.3) is 0 Å². The van der Waals surface area contributed by atoms with E-state index in [9.17, 15) is 5.11 Å². The Hall–Kier alpha value is -0.930. The average molecular weight is 257 g/mol. The zero-order chi connectivity index (χ0) is 12.4. The number of fused-ring (bicyclic) bond motifs is 1. The molecule has 94 valence electrons. The minimum atomic E-state index is -0.420. The van der Waals surface area contributed by atoms with E-state index < -0.39 is 6.10 Å². The van der Waals surface area contributed by atoms with E-state index in [4.69, 9.17) is 21.1 Å². The molecule has 0 spiro atoms. The number of hydrogen-bond donors (Lipinski definition) is 1. The smallest absolute Gasteiger partial charge is 0.164 e. The van der Waals surface area contributed by atoms with Crippen molar-refractivity contribution in [1.29, 1.82) is 0 Å². The van der Waals surface area contributed by atoms with Crippen LogP contribution >= 0.6 is 11.6 Å². The van der Waals surface area contributed by atoms with Gasteiger partial charge >= 0.3 is 0 Å². The summed E-state index contributed by atoms with van der Waals surface area (Å²) < 4.78 is 11.3. The molecule has 1 aliphatic heterocycles. The van der Waals surface area contributed by atoms with E-state index in [1.807, 2.05) is 6.92 Å². The first-order chi connectivity index (χ1) is 8.09. The van der Waals surface area contributed by atoms with Crippen LogP contribution in [0.5, 0.6) is 11.5 Å². The molecule has 1 aromatic rings. The summed E-state index contributed by atoms with van der Waals surface area (Å²) in [5, 5.41) is 10.1. The summed E-state index contributed by atoms with van der Waals surface area (Å²) in [6.07, 6.45) is 0.981. The predicted octanol–water partition coefficient (Wildman–Crippen LogP) is 2.73. The summed E-state index contributed by atoms with van der Waals surface area (Å²) in [6, 6.07) is 1.78. The molecular weight excluding hydrogens is 240 g/mol. The van der Waals surface area contributed by atoms with Gasteiger partial charge in [0.25, 0.3) is 0 Å². The lowest BCUT2D eigenvalue weighted by Gasteiger charge is -2.16. The van der Waals surface area contributed by atoms with Crippen LogP contribution < -0.4 is 9.47 Å². The van der Waals surface area contributed by atoms with E-state index in [1.165, 1.54) is 0 Å². The lowest BCUT2D eigenvalue weighted by atomic mass is 10.0. The number of aliphatic hydroxyl groups is 1. The summed E-state index contributed by atoms with van der Waals surface area (Å²) in [5.74, 6) is 1.47. The Kier molecular flexibility index (Phi) is 3.79. The summed E-state index contributed by atoms with van der Waals surface area (Å²) >= 11 is 6.22. The predicted molar refractivity (Wildman–Crippen MR) is 67.2 cm³/mol. The maximum Gasteiger partial charge on any atom is 0.164 e. The number of aliphatic hydroxyl groups excluding tert-OH is 1. The Morgan fingerprint density at radius 1 is 1.41 bits per heavy atom. The molecule has 0 bridgehead atoms. The Morgan fingerprint density at radius 2 is 2.12 bits per heavy atom. The average Bonchev–Trinajstić information content (AvgIpc) is 2.49. The van der Waals surface area contributed by atoms with Crippen LogP contribution in [-0.2, 0) is 6.42 Å². The van der Waals surface area contributed by atoms with Crippen molar-refractivity contribution in [1.82, 2.24) is 0 Å². The third-order valence-corrected chi connectivity index (χ3v) is 3.19. The molecule has 0 amide bonds. The summed E-state index contributed by atoms with van der Waals surface area (Å²) in [4.78, 5) is 0. The molecule has 1 atom stereocenters. The van der Waals surface area contributed by atoms with E-state index in [0.29, 0.717) is 30.4 Å². The quantitative estimate of drug-likeness (QED) is 0.884. The molecule has 0 saturated carbocycles. The molecule has 0 radical (unpaired) electrons. The molecule has 1 heterocycles. The zero-order valence-electron chi connectivity index (χ0n) is 10.1. The molecule has 0 fully saturated rings. The van der Waals surface area contributed by atoms with Gasteiger partial charge in [-0.1, -0.05) is 11.6 Å². The van der Waals surface area contributed by atoms with Gasteiger partial charge in [-0.15, -0.1) is 0 Å². The highest BCUT2D eigenvalue weighted by molar-refractivity contribution is 6.31. The van der Waals surface area contributed by atoms with Crippen LogP contribution in [0, 0.1) is 6.92 Å². The summed E-state index contributed by atoms with van der Waals surface area (Å²) in [6.45, 7) is 5.01. The second kappa shape index (κ2) is 5.15. The first kappa shape index (κ1) is 12.5. The topological polar surface area (TPSA) is 38.7 Å². The van der Waals surface area contributed by atoms with Gasteiger partial charge in [0.1, 0.15) is 0 Å². The number of ether oxygens (including phenoxy) is 2. The van der Waals surface area contributed by atoms with Crippen molar-refractivity contribution in [3.8, 4) is 11.5 Å². The Morgan fingerprint density at radius 3 is 2.82 bits per heavy atom. The normalized spacial score (nSPS) is 16.5. The first-order valence-electron chi connectivity index (χ1n) is 5.85. The van der Waals surface area contributed by atoms with E-state index >= 15 is 0 Å². The molecule has 4 heteroatoms. The van der Waals surface area contributed by atoms with Crippen molar-refractivity contribution in [2.45, 2.75) is 32.8 Å². The van der Waals surface area contributed by atoms with Gasteiger partial charge < -0.3 is 14.6 Å². The molecule has 0 aliphatic carbocycles. The Balaban J connectivity index is 2.45. The molecule has 1 aromatic carbocycles. The fraction of sp³-hybridized carbons (Fsp3) is 0.538. The van der Waals surface area contributed by atoms with Crippen LogP contribution in [0.1, 0.15) is 24.5 Å². The van der Waals surface area contributed by atoms with Crippen LogP contribution in [0.15, 0.2) is 6.07 Å². The van der Waals surface area contributed by atoms with Crippen molar-refractivity contribution in [3.63, 3.8) is 0 Å². The largest absolute Gasteiger partial charge is 0.489 e. The Bertz CT molecular complexity index is 416. The van der Waals surface area contributed by atoms with Gasteiger partial charge in [0.05, 0.1) is 19.3 Å². The molecule has 1 unspecified atom stereocenters. The van der Waals surface area contributed by atoms with Gasteiger partial charge in [-0.3, -0.25) is 0 Å². The van der Waals surface area contributed by atoms with Crippen LogP contribution in [0.4, 0.5) is 0 Å².